The lowest BCUT2D eigenvalue weighted by molar-refractivity contribution is -0.114. The van der Waals surface area contributed by atoms with Gasteiger partial charge >= 0.3 is 5.97 Å². The molecule has 1 rings (SSSR count). The molecule has 0 saturated heterocycles. The molecule has 0 saturated carbocycles. The highest BCUT2D eigenvalue weighted by Gasteiger charge is 2.14. The average Bonchev–Trinajstić information content (AvgIpc) is 2.29. The molecule has 0 atom stereocenters. The summed E-state index contributed by atoms with van der Waals surface area (Å²) in [7, 11) is 1.58. The summed E-state index contributed by atoms with van der Waals surface area (Å²) in [6.45, 7) is 1.29. The summed E-state index contributed by atoms with van der Waals surface area (Å²) in [5.41, 5.74) is -0.0160. The quantitative estimate of drug-likeness (QED) is 0.679. The highest BCUT2D eigenvalue weighted by molar-refractivity contribution is 5.98. The Morgan fingerprint density at radius 2 is 2.23 bits per heavy atom. The molecule has 0 aliphatic carbocycles. The lowest BCUT2D eigenvalue weighted by Gasteiger charge is -1.96. The highest BCUT2D eigenvalue weighted by Crippen LogP contribution is 2.11. The van der Waals surface area contributed by atoms with E-state index in [1.165, 1.54) is 17.8 Å². The van der Waals surface area contributed by atoms with E-state index in [-0.39, 0.29) is 17.3 Å². The van der Waals surface area contributed by atoms with Crippen LogP contribution in [-0.2, 0) is 11.8 Å². The maximum Gasteiger partial charge on any atom is 0.341 e. The molecule has 0 bridgehead atoms. The van der Waals surface area contributed by atoms with Crippen LogP contribution >= 0.6 is 0 Å². The number of rotatable bonds is 2. The minimum Gasteiger partial charge on any atom is -0.477 e. The first kappa shape index (κ1) is 9.24. The third-order valence-electron chi connectivity index (χ3n) is 1.35. The molecule has 2 N–H and O–H groups in total. The van der Waals surface area contributed by atoms with Crippen LogP contribution in [0.4, 0.5) is 5.82 Å². The maximum atomic E-state index is 10.6. The van der Waals surface area contributed by atoms with E-state index in [0.717, 1.165) is 0 Å². The van der Waals surface area contributed by atoms with Crippen molar-refractivity contribution < 1.29 is 14.7 Å². The molecule has 1 amide bonds. The minimum absolute atomic E-state index is 0.0160. The summed E-state index contributed by atoms with van der Waals surface area (Å²) in [4.78, 5) is 21.3. The molecule has 0 aliphatic rings. The second-order valence-electron chi connectivity index (χ2n) is 2.55. The molecular formula is C7H9N3O3. The van der Waals surface area contributed by atoms with Crippen molar-refractivity contribution in [1.29, 1.82) is 0 Å². The number of carbonyl (C=O) groups excluding carboxylic acids is 1. The summed E-state index contributed by atoms with van der Waals surface area (Å²) < 4.78 is 1.33. The number of carboxylic acid groups (broad SMARTS) is 1. The van der Waals surface area contributed by atoms with Crippen molar-refractivity contribution in [2.75, 3.05) is 5.32 Å². The smallest absolute Gasteiger partial charge is 0.341 e. The van der Waals surface area contributed by atoms with Gasteiger partial charge in [-0.05, 0) is 0 Å². The molecule has 70 valence electrons. The van der Waals surface area contributed by atoms with Crippen molar-refractivity contribution in [2.24, 2.45) is 7.05 Å². The topological polar surface area (TPSA) is 84.2 Å². The van der Waals surface area contributed by atoms with Gasteiger partial charge in [-0.2, -0.15) is 5.10 Å². The first-order valence-corrected chi connectivity index (χ1v) is 3.55. The zero-order valence-electron chi connectivity index (χ0n) is 7.24. The Morgan fingerprint density at radius 1 is 1.62 bits per heavy atom. The van der Waals surface area contributed by atoms with Gasteiger partial charge in [-0.25, -0.2) is 4.79 Å². The van der Waals surface area contributed by atoms with E-state index in [2.05, 4.69) is 10.4 Å². The summed E-state index contributed by atoms with van der Waals surface area (Å²) in [6, 6.07) is 0. The number of aromatic nitrogens is 2. The Kier molecular flexibility index (Phi) is 2.32. The number of hydrogen-bond donors (Lipinski definition) is 2. The first-order chi connectivity index (χ1) is 6.00. The van der Waals surface area contributed by atoms with Crippen molar-refractivity contribution in [3.8, 4) is 0 Å². The summed E-state index contributed by atoms with van der Waals surface area (Å²) in [5, 5.41) is 14.8. The molecular weight excluding hydrogens is 174 g/mol. The normalized spacial score (nSPS) is 9.69. The van der Waals surface area contributed by atoms with Crippen molar-refractivity contribution in [3.63, 3.8) is 0 Å². The Labute approximate surface area is 74.2 Å². The molecule has 1 aromatic rings. The molecule has 0 unspecified atom stereocenters. The van der Waals surface area contributed by atoms with Crippen molar-refractivity contribution >= 4 is 17.7 Å². The number of nitrogens with one attached hydrogen (secondary N) is 1. The second kappa shape index (κ2) is 3.26. The van der Waals surface area contributed by atoms with E-state index in [9.17, 15) is 9.59 Å². The molecule has 1 aromatic heterocycles. The van der Waals surface area contributed by atoms with Gasteiger partial charge in [-0.1, -0.05) is 0 Å². The predicted octanol–water partition coefficient (Wildman–Crippen LogP) is 0.0767. The molecule has 0 fully saturated rings. The van der Waals surface area contributed by atoms with E-state index in [0.29, 0.717) is 0 Å². The Morgan fingerprint density at radius 3 is 2.69 bits per heavy atom. The number of nitrogens with zero attached hydrogens (tertiary/aromatic N) is 2. The first-order valence-electron chi connectivity index (χ1n) is 3.55. The van der Waals surface area contributed by atoms with Crippen LogP contribution in [0.25, 0.3) is 0 Å². The standard InChI is InChI=1S/C7H9N3O3/c1-4(11)8-6-5(7(12)13)3-10(2)9-6/h3H,1-2H3,(H,12,13)(H,8,9,11). The molecule has 13 heavy (non-hydrogen) atoms. The Balaban J connectivity index is 3.04. The Bertz CT molecular complexity index is 356. The number of aryl methyl sites for hydroxylation is 1. The zero-order chi connectivity index (χ0) is 10.0. The highest BCUT2D eigenvalue weighted by atomic mass is 16.4. The second-order valence-corrected chi connectivity index (χ2v) is 2.55. The number of hydrogen-bond acceptors (Lipinski definition) is 3. The van der Waals surface area contributed by atoms with Gasteiger partial charge < -0.3 is 10.4 Å². The minimum atomic E-state index is -1.11. The fourth-order valence-electron chi connectivity index (χ4n) is 0.904. The third kappa shape index (κ3) is 2.05. The van der Waals surface area contributed by atoms with E-state index in [1.807, 2.05) is 0 Å². The predicted molar refractivity (Wildman–Crippen MR) is 44.5 cm³/mol. The summed E-state index contributed by atoms with van der Waals surface area (Å²) >= 11 is 0. The summed E-state index contributed by atoms with van der Waals surface area (Å²) in [5.74, 6) is -1.39. The van der Waals surface area contributed by atoms with Crippen molar-refractivity contribution in [1.82, 2.24) is 9.78 Å². The van der Waals surface area contributed by atoms with Gasteiger partial charge in [-0.15, -0.1) is 0 Å². The molecule has 1 heterocycles. The van der Waals surface area contributed by atoms with Gasteiger partial charge in [0.25, 0.3) is 0 Å². The van der Waals surface area contributed by atoms with Crippen LogP contribution in [0.1, 0.15) is 17.3 Å². The lowest BCUT2D eigenvalue weighted by atomic mass is 10.3. The molecule has 0 radical (unpaired) electrons. The van der Waals surface area contributed by atoms with Crippen LogP contribution in [0.2, 0.25) is 0 Å². The fourth-order valence-corrected chi connectivity index (χ4v) is 0.904. The maximum absolute atomic E-state index is 10.6. The van der Waals surface area contributed by atoms with Gasteiger partial charge in [0.05, 0.1) is 0 Å². The number of anilines is 1. The molecule has 0 aliphatic heterocycles. The van der Waals surface area contributed by atoms with Crippen molar-refractivity contribution in [2.45, 2.75) is 6.92 Å². The van der Waals surface area contributed by atoms with E-state index in [1.54, 1.807) is 7.05 Å². The molecule has 0 spiro atoms. The third-order valence-corrected chi connectivity index (χ3v) is 1.35. The van der Waals surface area contributed by atoms with E-state index in [4.69, 9.17) is 5.11 Å². The number of carbonyl (C=O) groups is 2. The van der Waals surface area contributed by atoms with Gasteiger partial charge in [-0.3, -0.25) is 9.48 Å². The molecule has 6 heteroatoms. The Hall–Kier alpha value is -1.85. The number of amides is 1. The molecule has 0 aromatic carbocycles. The van der Waals surface area contributed by atoms with Crippen LogP contribution in [0, 0.1) is 0 Å². The van der Waals surface area contributed by atoms with Gasteiger partial charge in [0.2, 0.25) is 5.91 Å². The van der Waals surface area contributed by atoms with Gasteiger partial charge in [0.1, 0.15) is 5.56 Å². The summed E-state index contributed by atoms with van der Waals surface area (Å²) in [6.07, 6.45) is 1.33. The van der Waals surface area contributed by atoms with Gasteiger partial charge in [0, 0.05) is 20.2 Å². The lowest BCUT2D eigenvalue weighted by Crippen LogP contribution is -2.10. The van der Waals surface area contributed by atoms with Crippen LogP contribution < -0.4 is 5.32 Å². The number of aromatic carboxylic acids is 1. The van der Waals surface area contributed by atoms with E-state index < -0.39 is 5.97 Å². The van der Waals surface area contributed by atoms with Crippen LogP contribution in [0.3, 0.4) is 0 Å². The molecule has 6 nitrogen and oxygen atoms in total. The monoisotopic (exact) mass is 183 g/mol. The fraction of sp³-hybridized carbons (Fsp3) is 0.286. The number of carboxylic acids is 1. The van der Waals surface area contributed by atoms with Crippen LogP contribution in [0.5, 0.6) is 0 Å². The van der Waals surface area contributed by atoms with Gasteiger partial charge in [0.15, 0.2) is 5.82 Å². The average molecular weight is 183 g/mol. The van der Waals surface area contributed by atoms with Crippen LogP contribution in [-0.4, -0.2) is 26.8 Å². The van der Waals surface area contributed by atoms with E-state index >= 15 is 0 Å². The largest absolute Gasteiger partial charge is 0.477 e. The van der Waals surface area contributed by atoms with Crippen molar-refractivity contribution in [3.05, 3.63) is 11.8 Å². The zero-order valence-corrected chi connectivity index (χ0v) is 7.24. The van der Waals surface area contributed by atoms with Crippen LogP contribution in [0.15, 0.2) is 6.20 Å². The SMILES string of the molecule is CC(=O)Nc1nn(C)cc1C(=O)O.